The van der Waals surface area contributed by atoms with Crippen LogP contribution in [0.15, 0.2) is 0 Å². The van der Waals surface area contributed by atoms with Crippen LogP contribution in [0.3, 0.4) is 0 Å². The molecule has 0 spiro atoms. The molecule has 66 valence electrons. The number of carbonyl (C=O) groups is 2. The Hall–Kier alpha value is -1.06. The predicted octanol–water partition coefficient (Wildman–Crippen LogP) is 0.481. The second-order valence-electron chi connectivity index (χ2n) is 3.74. The molecule has 4 heteroatoms. The average Bonchev–Trinajstić information content (AvgIpc) is 2.27. The third kappa shape index (κ3) is 0.838. The number of nitrogens with zero attached hydrogens (tertiary/aromatic N) is 1. The van der Waals surface area contributed by atoms with E-state index in [9.17, 15) is 9.59 Å². The SMILES string of the molecule is CC1(N2C(=O)CNC2=O)CCC1. The van der Waals surface area contributed by atoms with Crippen LogP contribution >= 0.6 is 0 Å². The van der Waals surface area contributed by atoms with Gasteiger partial charge in [-0.05, 0) is 26.2 Å². The quantitative estimate of drug-likeness (QED) is 0.579. The highest BCUT2D eigenvalue weighted by atomic mass is 16.2. The van der Waals surface area contributed by atoms with Gasteiger partial charge in [0.2, 0.25) is 0 Å². The lowest BCUT2D eigenvalue weighted by molar-refractivity contribution is -0.131. The van der Waals surface area contributed by atoms with Crippen molar-refractivity contribution in [1.82, 2.24) is 10.2 Å². The fourth-order valence-electron chi connectivity index (χ4n) is 1.88. The predicted molar refractivity (Wildman–Crippen MR) is 42.5 cm³/mol. The molecular formula is C8H12N2O2. The molecule has 1 aliphatic carbocycles. The second kappa shape index (κ2) is 2.21. The fourth-order valence-corrected chi connectivity index (χ4v) is 1.88. The first-order chi connectivity index (χ1) is 5.63. The average molecular weight is 168 g/mol. The molecule has 1 saturated heterocycles. The Morgan fingerprint density at radius 1 is 1.42 bits per heavy atom. The number of carbonyl (C=O) groups excluding carboxylic acids is 2. The topological polar surface area (TPSA) is 49.4 Å². The summed E-state index contributed by atoms with van der Waals surface area (Å²) in [5.41, 5.74) is -0.183. The van der Waals surface area contributed by atoms with Gasteiger partial charge in [0.05, 0.1) is 6.54 Å². The summed E-state index contributed by atoms with van der Waals surface area (Å²) in [6, 6.07) is -0.220. The Balaban J connectivity index is 2.20. The van der Waals surface area contributed by atoms with Crippen LogP contribution in [0.25, 0.3) is 0 Å². The molecular weight excluding hydrogens is 156 g/mol. The van der Waals surface area contributed by atoms with Gasteiger partial charge in [-0.1, -0.05) is 0 Å². The summed E-state index contributed by atoms with van der Waals surface area (Å²) >= 11 is 0. The summed E-state index contributed by atoms with van der Waals surface area (Å²) in [6.07, 6.45) is 3.02. The van der Waals surface area contributed by atoms with Crippen molar-refractivity contribution in [3.05, 3.63) is 0 Å². The van der Waals surface area contributed by atoms with Crippen molar-refractivity contribution in [3.63, 3.8) is 0 Å². The molecule has 2 aliphatic rings. The summed E-state index contributed by atoms with van der Waals surface area (Å²) in [6.45, 7) is 2.15. The van der Waals surface area contributed by atoms with E-state index in [1.807, 2.05) is 6.92 Å². The molecule has 4 nitrogen and oxygen atoms in total. The standard InChI is InChI=1S/C8H12N2O2/c1-8(3-2-4-8)10-6(11)5-9-7(10)12/h2-5H2,1H3,(H,9,12). The zero-order valence-corrected chi connectivity index (χ0v) is 7.09. The maximum Gasteiger partial charge on any atom is 0.325 e. The fraction of sp³-hybridized carbons (Fsp3) is 0.750. The van der Waals surface area contributed by atoms with Crippen LogP contribution in [0.2, 0.25) is 0 Å². The number of hydrogen-bond acceptors (Lipinski definition) is 2. The van der Waals surface area contributed by atoms with Crippen LogP contribution < -0.4 is 5.32 Å². The number of imide groups is 1. The van der Waals surface area contributed by atoms with E-state index < -0.39 is 0 Å². The van der Waals surface area contributed by atoms with Crippen molar-refractivity contribution in [2.75, 3.05) is 6.54 Å². The van der Waals surface area contributed by atoms with Gasteiger partial charge in [0.15, 0.2) is 0 Å². The minimum atomic E-state index is -0.220. The molecule has 0 aromatic carbocycles. The summed E-state index contributed by atoms with van der Waals surface area (Å²) < 4.78 is 0. The van der Waals surface area contributed by atoms with Gasteiger partial charge in [-0.15, -0.1) is 0 Å². The zero-order valence-electron chi connectivity index (χ0n) is 7.09. The van der Waals surface area contributed by atoms with Gasteiger partial charge in [0, 0.05) is 5.54 Å². The number of urea groups is 1. The Morgan fingerprint density at radius 3 is 2.42 bits per heavy atom. The molecule has 0 aromatic heterocycles. The van der Waals surface area contributed by atoms with E-state index in [0.717, 1.165) is 19.3 Å². The van der Waals surface area contributed by atoms with Gasteiger partial charge < -0.3 is 5.32 Å². The lowest BCUT2D eigenvalue weighted by atomic mass is 9.77. The van der Waals surface area contributed by atoms with Crippen molar-refractivity contribution in [2.24, 2.45) is 0 Å². The molecule has 0 bridgehead atoms. The van der Waals surface area contributed by atoms with Gasteiger partial charge in [0.1, 0.15) is 0 Å². The van der Waals surface area contributed by atoms with Crippen LogP contribution in [0, 0.1) is 0 Å². The molecule has 0 atom stereocenters. The Bertz CT molecular complexity index is 229. The second-order valence-corrected chi connectivity index (χ2v) is 3.74. The van der Waals surface area contributed by atoms with Gasteiger partial charge in [-0.2, -0.15) is 0 Å². The third-order valence-corrected chi connectivity index (χ3v) is 2.81. The Labute approximate surface area is 70.9 Å². The number of rotatable bonds is 1. The summed E-state index contributed by atoms with van der Waals surface area (Å²) in [5, 5.41) is 2.53. The molecule has 1 aliphatic heterocycles. The molecule has 1 heterocycles. The first-order valence-electron chi connectivity index (χ1n) is 4.24. The molecule has 12 heavy (non-hydrogen) atoms. The first-order valence-corrected chi connectivity index (χ1v) is 4.24. The van der Waals surface area contributed by atoms with Gasteiger partial charge in [-0.3, -0.25) is 9.69 Å². The lowest BCUT2D eigenvalue weighted by Crippen LogP contribution is -2.54. The normalized spacial score (nSPS) is 26.9. The Morgan fingerprint density at radius 2 is 2.08 bits per heavy atom. The minimum Gasteiger partial charge on any atom is -0.329 e. The van der Waals surface area contributed by atoms with E-state index >= 15 is 0 Å². The minimum absolute atomic E-state index is 0.0813. The Kier molecular flexibility index (Phi) is 1.40. The molecule has 1 N–H and O–H groups in total. The summed E-state index contributed by atoms with van der Waals surface area (Å²) in [4.78, 5) is 23.9. The van der Waals surface area contributed by atoms with E-state index in [-0.39, 0.29) is 24.0 Å². The molecule has 0 unspecified atom stereocenters. The molecule has 2 rings (SSSR count). The van der Waals surface area contributed by atoms with E-state index in [2.05, 4.69) is 5.32 Å². The molecule has 0 radical (unpaired) electrons. The zero-order chi connectivity index (χ0) is 8.77. The van der Waals surface area contributed by atoms with Crippen molar-refractivity contribution in [1.29, 1.82) is 0 Å². The smallest absolute Gasteiger partial charge is 0.325 e. The molecule has 3 amide bonds. The lowest BCUT2D eigenvalue weighted by Gasteiger charge is -2.43. The highest BCUT2D eigenvalue weighted by Crippen LogP contribution is 2.38. The van der Waals surface area contributed by atoms with Gasteiger partial charge in [0.25, 0.3) is 5.91 Å². The maximum absolute atomic E-state index is 11.3. The van der Waals surface area contributed by atoms with E-state index in [4.69, 9.17) is 0 Å². The van der Waals surface area contributed by atoms with Gasteiger partial charge >= 0.3 is 6.03 Å². The van der Waals surface area contributed by atoms with Gasteiger partial charge in [-0.25, -0.2) is 4.79 Å². The van der Waals surface area contributed by atoms with Crippen LogP contribution in [0.1, 0.15) is 26.2 Å². The van der Waals surface area contributed by atoms with Crippen molar-refractivity contribution in [2.45, 2.75) is 31.7 Å². The molecule has 2 fully saturated rings. The number of nitrogens with one attached hydrogen (secondary N) is 1. The van der Waals surface area contributed by atoms with E-state index in [1.54, 1.807) is 0 Å². The third-order valence-electron chi connectivity index (χ3n) is 2.81. The largest absolute Gasteiger partial charge is 0.329 e. The van der Waals surface area contributed by atoms with Crippen molar-refractivity contribution >= 4 is 11.9 Å². The summed E-state index contributed by atoms with van der Waals surface area (Å²) in [7, 11) is 0. The first kappa shape index (κ1) is 7.58. The maximum atomic E-state index is 11.3. The monoisotopic (exact) mass is 168 g/mol. The van der Waals surface area contributed by atoms with Crippen molar-refractivity contribution < 1.29 is 9.59 Å². The molecule has 1 saturated carbocycles. The van der Waals surface area contributed by atoms with Crippen molar-refractivity contribution in [3.8, 4) is 0 Å². The van der Waals surface area contributed by atoms with Crippen LogP contribution in [-0.4, -0.2) is 28.9 Å². The number of amides is 3. The highest BCUT2D eigenvalue weighted by Gasteiger charge is 2.46. The number of hydrogen-bond donors (Lipinski definition) is 1. The highest BCUT2D eigenvalue weighted by molar-refractivity contribution is 6.02. The van der Waals surface area contributed by atoms with E-state index in [1.165, 1.54) is 4.90 Å². The van der Waals surface area contributed by atoms with Crippen LogP contribution in [0.4, 0.5) is 4.79 Å². The molecule has 0 aromatic rings. The van der Waals surface area contributed by atoms with Crippen LogP contribution in [-0.2, 0) is 4.79 Å². The van der Waals surface area contributed by atoms with E-state index in [0.29, 0.717) is 0 Å². The van der Waals surface area contributed by atoms with Crippen LogP contribution in [0.5, 0.6) is 0 Å². The summed E-state index contributed by atoms with van der Waals surface area (Å²) in [5.74, 6) is -0.0813.